The van der Waals surface area contributed by atoms with Gasteiger partial charge in [0.05, 0.1) is 24.4 Å². The molecule has 2 aromatic heterocycles. The molecule has 0 aliphatic carbocycles. The van der Waals surface area contributed by atoms with Crippen LogP contribution in [0.25, 0.3) is 0 Å². The largest absolute Gasteiger partial charge is 0.350 e. The number of thiazole rings is 1. The molecule has 3 amide bonds. The SMILES string of the molecule is CC(C)CN(CC(=O)Nc1nc(CC(=O)NCc2ccccn2)cs1)C(=O)c1ccc(Cl)cc1. The number of aromatic nitrogens is 2. The average Bonchev–Trinajstić information content (AvgIpc) is 3.24. The van der Waals surface area contributed by atoms with E-state index in [0.717, 1.165) is 5.69 Å². The molecule has 1 aromatic carbocycles. The maximum Gasteiger partial charge on any atom is 0.254 e. The first kappa shape index (κ1) is 25.3. The first-order valence-electron chi connectivity index (χ1n) is 10.8. The van der Waals surface area contributed by atoms with Crippen molar-refractivity contribution in [1.82, 2.24) is 20.2 Å². The molecule has 0 aliphatic rings. The van der Waals surface area contributed by atoms with E-state index in [9.17, 15) is 14.4 Å². The van der Waals surface area contributed by atoms with Gasteiger partial charge in [0.25, 0.3) is 5.91 Å². The van der Waals surface area contributed by atoms with E-state index in [0.29, 0.717) is 34.5 Å². The fourth-order valence-electron chi connectivity index (χ4n) is 3.13. The fraction of sp³-hybridized carbons (Fsp3) is 0.292. The normalized spacial score (nSPS) is 10.7. The highest BCUT2D eigenvalue weighted by atomic mass is 35.5. The Balaban J connectivity index is 1.54. The van der Waals surface area contributed by atoms with Crippen LogP contribution >= 0.6 is 22.9 Å². The third-order valence-electron chi connectivity index (χ3n) is 4.63. The van der Waals surface area contributed by atoms with Crippen molar-refractivity contribution in [2.45, 2.75) is 26.8 Å². The molecule has 0 saturated carbocycles. The van der Waals surface area contributed by atoms with E-state index >= 15 is 0 Å². The maximum atomic E-state index is 12.9. The highest BCUT2D eigenvalue weighted by molar-refractivity contribution is 7.13. The minimum atomic E-state index is -0.358. The lowest BCUT2D eigenvalue weighted by atomic mass is 10.1. The van der Waals surface area contributed by atoms with Crippen LogP contribution in [0.5, 0.6) is 0 Å². The number of hydrogen-bond donors (Lipinski definition) is 2. The molecule has 3 aromatic rings. The highest BCUT2D eigenvalue weighted by Crippen LogP contribution is 2.17. The molecule has 0 saturated heterocycles. The highest BCUT2D eigenvalue weighted by Gasteiger charge is 2.21. The summed E-state index contributed by atoms with van der Waals surface area (Å²) in [5.41, 5.74) is 1.78. The van der Waals surface area contributed by atoms with Gasteiger partial charge in [0.15, 0.2) is 5.13 Å². The van der Waals surface area contributed by atoms with Crippen molar-refractivity contribution in [3.05, 3.63) is 76.0 Å². The Hall–Kier alpha value is -3.30. The predicted octanol–water partition coefficient (Wildman–Crippen LogP) is 3.79. The molecular formula is C24H26ClN5O3S. The third-order valence-corrected chi connectivity index (χ3v) is 5.69. The number of halogens is 1. The molecule has 34 heavy (non-hydrogen) atoms. The summed E-state index contributed by atoms with van der Waals surface area (Å²) in [5, 5.41) is 8.16. The molecule has 0 unspecified atom stereocenters. The van der Waals surface area contributed by atoms with Gasteiger partial charge in [0, 0.05) is 28.7 Å². The zero-order chi connectivity index (χ0) is 24.5. The van der Waals surface area contributed by atoms with Gasteiger partial charge in [0.2, 0.25) is 11.8 Å². The average molecular weight is 500 g/mol. The zero-order valence-corrected chi connectivity index (χ0v) is 20.5. The molecule has 0 aliphatic heterocycles. The summed E-state index contributed by atoms with van der Waals surface area (Å²) in [5.74, 6) is -0.612. The number of amides is 3. The van der Waals surface area contributed by atoms with E-state index < -0.39 is 0 Å². The van der Waals surface area contributed by atoms with Gasteiger partial charge >= 0.3 is 0 Å². The van der Waals surface area contributed by atoms with Crippen LogP contribution < -0.4 is 10.6 Å². The Morgan fingerprint density at radius 3 is 2.50 bits per heavy atom. The molecule has 8 nitrogen and oxygen atoms in total. The van der Waals surface area contributed by atoms with Crippen molar-refractivity contribution in [2.75, 3.05) is 18.4 Å². The minimum absolute atomic E-state index is 0.0910. The fourth-order valence-corrected chi connectivity index (χ4v) is 3.98. The maximum absolute atomic E-state index is 12.9. The first-order chi connectivity index (χ1) is 16.3. The summed E-state index contributed by atoms with van der Waals surface area (Å²) in [6.07, 6.45) is 1.76. The Morgan fingerprint density at radius 2 is 1.82 bits per heavy atom. The van der Waals surface area contributed by atoms with Crippen LogP contribution in [-0.2, 0) is 22.6 Å². The molecule has 178 valence electrons. The first-order valence-corrected chi connectivity index (χ1v) is 12.0. The number of hydrogen-bond acceptors (Lipinski definition) is 6. The van der Waals surface area contributed by atoms with E-state index in [1.54, 1.807) is 35.8 Å². The van der Waals surface area contributed by atoms with Crippen molar-refractivity contribution in [1.29, 1.82) is 0 Å². The second-order valence-electron chi connectivity index (χ2n) is 8.05. The molecule has 0 bridgehead atoms. The minimum Gasteiger partial charge on any atom is -0.350 e. The number of carbonyl (C=O) groups excluding carboxylic acids is 3. The Labute approximate surface area is 207 Å². The number of anilines is 1. The van der Waals surface area contributed by atoms with Crippen LogP contribution in [0.4, 0.5) is 5.13 Å². The van der Waals surface area contributed by atoms with Gasteiger partial charge in [-0.1, -0.05) is 31.5 Å². The zero-order valence-electron chi connectivity index (χ0n) is 19.0. The molecule has 3 rings (SSSR count). The number of benzene rings is 1. The second kappa shape index (κ2) is 12.2. The summed E-state index contributed by atoms with van der Waals surface area (Å²) in [6.45, 7) is 4.60. The van der Waals surface area contributed by atoms with Crippen LogP contribution in [0, 0.1) is 5.92 Å². The summed E-state index contributed by atoms with van der Waals surface area (Å²) >= 11 is 7.14. The van der Waals surface area contributed by atoms with Crippen LogP contribution in [-0.4, -0.2) is 45.7 Å². The lowest BCUT2D eigenvalue weighted by Crippen LogP contribution is -2.40. The van der Waals surface area contributed by atoms with Crippen molar-refractivity contribution in [3.8, 4) is 0 Å². The number of rotatable bonds is 10. The lowest BCUT2D eigenvalue weighted by Gasteiger charge is -2.24. The van der Waals surface area contributed by atoms with E-state index in [2.05, 4.69) is 20.6 Å². The van der Waals surface area contributed by atoms with Gasteiger partial charge < -0.3 is 15.5 Å². The van der Waals surface area contributed by atoms with E-state index in [1.807, 2.05) is 32.0 Å². The number of pyridine rings is 1. The molecule has 10 heteroatoms. The van der Waals surface area contributed by atoms with Crippen molar-refractivity contribution >= 4 is 45.8 Å². The summed E-state index contributed by atoms with van der Waals surface area (Å²) in [6, 6.07) is 12.1. The van der Waals surface area contributed by atoms with Gasteiger partial charge in [-0.3, -0.25) is 19.4 Å². The molecule has 2 heterocycles. The van der Waals surface area contributed by atoms with Gasteiger partial charge in [-0.15, -0.1) is 11.3 Å². The van der Waals surface area contributed by atoms with Gasteiger partial charge in [-0.25, -0.2) is 4.98 Å². The predicted molar refractivity (Wildman–Crippen MR) is 133 cm³/mol. The van der Waals surface area contributed by atoms with Crippen LogP contribution in [0.2, 0.25) is 5.02 Å². The Morgan fingerprint density at radius 1 is 1.06 bits per heavy atom. The second-order valence-corrected chi connectivity index (χ2v) is 9.35. The van der Waals surface area contributed by atoms with Crippen molar-refractivity contribution in [3.63, 3.8) is 0 Å². The van der Waals surface area contributed by atoms with E-state index in [-0.39, 0.29) is 36.6 Å². The summed E-state index contributed by atoms with van der Waals surface area (Å²) < 4.78 is 0. The molecule has 0 spiro atoms. The molecule has 0 fully saturated rings. The van der Waals surface area contributed by atoms with Crippen LogP contribution in [0.1, 0.15) is 35.6 Å². The molecular weight excluding hydrogens is 474 g/mol. The smallest absolute Gasteiger partial charge is 0.254 e. The topological polar surface area (TPSA) is 104 Å². The van der Waals surface area contributed by atoms with Gasteiger partial charge in [-0.05, 0) is 42.3 Å². The summed E-state index contributed by atoms with van der Waals surface area (Å²) in [7, 11) is 0. The van der Waals surface area contributed by atoms with Gasteiger partial charge in [-0.2, -0.15) is 0 Å². The van der Waals surface area contributed by atoms with Gasteiger partial charge in [0.1, 0.15) is 6.54 Å². The number of carbonyl (C=O) groups is 3. The Kier molecular flexibility index (Phi) is 9.12. The summed E-state index contributed by atoms with van der Waals surface area (Å²) in [4.78, 5) is 47.7. The van der Waals surface area contributed by atoms with Crippen molar-refractivity contribution < 1.29 is 14.4 Å². The van der Waals surface area contributed by atoms with E-state index in [4.69, 9.17) is 11.6 Å². The third kappa shape index (κ3) is 7.93. The van der Waals surface area contributed by atoms with Crippen LogP contribution in [0.15, 0.2) is 54.0 Å². The number of nitrogens with one attached hydrogen (secondary N) is 2. The molecule has 2 N–H and O–H groups in total. The van der Waals surface area contributed by atoms with Crippen LogP contribution in [0.3, 0.4) is 0 Å². The Bertz CT molecular complexity index is 1120. The van der Waals surface area contributed by atoms with Crippen molar-refractivity contribution in [2.24, 2.45) is 5.92 Å². The molecule has 0 atom stereocenters. The monoisotopic (exact) mass is 499 g/mol. The quantitative estimate of drug-likeness (QED) is 0.441. The van der Waals surface area contributed by atoms with E-state index in [1.165, 1.54) is 16.2 Å². The molecule has 0 radical (unpaired) electrons. The number of nitrogens with zero attached hydrogens (tertiary/aromatic N) is 3. The standard InChI is InChI=1S/C24H26ClN5O3S/c1-16(2)13-30(23(33)17-6-8-18(25)9-7-17)14-22(32)29-24-28-20(15-34-24)11-21(31)27-12-19-5-3-4-10-26-19/h3-10,15-16H,11-14H2,1-2H3,(H,27,31)(H,28,29,32). The lowest BCUT2D eigenvalue weighted by molar-refractivity contribution is -0.120.